The lowest BCUT2D eigenvalue weighted by atomic mass is 10.2. The third kappa shape index (κ3) is 2.39. The molecule has 0 unspecified atom stereocenters. The fourth-order valence-corrected chi connectivity index (χ4v) is 1.16. The van der Waals surface area contributed by atoms with Crippen LogP contribution in [0.3, 0.4) is 0 Å². The lowest BCUT2D eigenvalue weighted by molar-refractivity contribution is -0.385. The number of aromatic nitrogens is 1. The van der Waals surface area contributed by atoms with E-state index in [-0.39, 0.29) is 10.7 Å². The molecule has 1 amide bonds. The fourth-order valence-electron chi connectivity index (χ4n) is 0.933. The number of nitrogens with one attached hydrogen (secondary N) is 1. The highest BCUT2D eigenvalue weighted by atomic mass is 35.5. The van der Waals surface area contributed by atoms with Gasteiger partial charge in [-0.05, 0) is 6.07 Å². The van der Waals surface area contributed by atoms with Gasteiger partial charge in [-0.15, -0.1) is 0 Å². The van der Waals surface area contributed by atoms with Gasteiger partial charge < -0.3 is 0 Å². The zero-order valence-electron chi connectivity index (χ0n) is 7.56. The van der Waals surface area contributed by atoms with Crippen LogP contribution < -0.4 is 5.48 Å². The maximum absolute atomic E-state index is 11.3. The SMILES string of the molecule is CONC(=O)c1ccnc(Cl)c1[N+](=O)[O-]. The van der Waals surface area contributed by atoms with Gasteiger partial charge in [0, 0.05) is 6.20 Å². The molecule has 0 bridgehead atoms. The van der Waals surface area contributed by atoms with Gasteiger partial charge in [-0.25, -0.2) is 10.5 Å². The van der Waals surface area contributed by atoms with E-state index < -0.39 is 16.5 Å². The van der Waals surface area contributed by atoms with E-state index in [0.29, 0.717) is 0 Å². The van der Waals surface area contributed by atoms with Crippen LogP contribution in [0.25, 0.3) is 0 Å². The molecule has 1 aromatic rings. The third-order valence-electron chi connectivity index (χ3n) is 1.50. The second-order valence-electron chi connectivity index (χ2n) is 2.39. The molecule has 0 saturated heterocycles. The Hall–Kier alpha value is -1.73. The Morgan fingerprint density at radius 2 is 2.40 bits per heavy atom. The smallest absolute Gasteiger partial charge is 0.277 e. The van der Waals surface area contributed by atoms with E-state index in [1.807, 2.05) is 5.48 Å². The predicted octanol–water partition coefficient (Wildman–Crippen LogP) is 0.934. The summed E-state index contributed by atoms with van der Waals surface area (Å²) in [5.41, 5.74) is 1.20. The number of hydroxylamine groups is 1. The number of carbonyl (C=O) groups excluding carboxylic acids is 1. The average Bonchev–Trinajstić information content (AvgIpc) is 2.17. The minimum Gasteiger partial charge on any atom is -0.277 e. The monoisotopic (exact) mass is 231 g/mol. The molecule has 8 heteroatoms. The van der Waals surface area contributed by atoms with Crippen molar-refractivity contribution in [3.05, 3.63) is 33.1 Å². The molecule has 0 fully saturated rings. The first-order valence-electron chi connectivity index (χ1n) is 3.70. The van der Waals surface area contributed by atoms with Gasteiger partial charge in [0.1, 0.15) is 5.56 Å². The topological polar surface area (TPSA) is 94.4 Å². The first kappa shape index (κ1) is 11.3. The molecule has 0 spiro atoms. The Labute approximate surface area is 89.1 Å². The summed E-state index contributed by atoms with van der Waals surface area (Å²) < 4.78 is 0. The van der Waals surface area contributed by atoms with E-state index in [4.69, 9.17) is 11.6 Å². The highest BCUT2D eigenvalue weighted by molar-refractivity contribution is 6.32. The first-order chi connectivity index (χ1) is 7.07. The maximum atomic E-state index is 11.3. The molecule has 0 saturated carbocycles. The number of hydrogen-bond acceptors (Lipinski definition) is 5. The summed E-state index contributed by atoms with van der Waals surface area (Å²) in [4.78, 5) is 29.0. The molecule has 0 aromatic carbocycles. The van der Waals surface area contributed by atoms with Crippen molar-refractivity contribution in [3.63, 3.8) is 0 Å². The zero-order valence-corrected chi connectivity index (χ0v) is 8.32. The maximum Gasteiger partial charge on any atom is 0.319 e. The minimum absolute atomic E-state index is 0.207. The van der Waals surface area contributed by atoms with Crippen molar-refractivity contribution in [2.24, 2.45) is 0 Å². The van der Waals surface area contributed by atoms with Gasteiger partial charge in [0.2, 0.25) is 5.15 Å². The molecule has 1 heterocycles. The van der Waals surface area contributed by atoms with Gasteiger partial charge in [-0.3, -0.25) is 19.7 Å². The number of nitrogens with zero attached hydrogens (tertiary/aromatic N) is 2. The van der Waals surface area contributed by atoms with Crippen molar-refractivity contribution in [3.8, 4) is 0 Å². The Bertz CT molecular complexity index is 409. The molecule has 1 rings (SSSR count). The minimum atomic E-state index is -0.778. The van der Waals surface area contributed by atoms with Crippen molar-refractivity contribution >= 4 is 23.2 Å². The quantitative estimate of drug-likeness (QED) is 0.474. The van der Waals surface area contributed by atoms with E-state index in [1.165, 1.54) is 19.4 Å². The second kappa shape index (κ2) is 4.67. The van der Waals surface area contributed by atoms with E-state index in [2.05, 4.69) is 9.82 Å². The zero-order chi connectivity index (χ0) is 11.4. The van der Waals surface area contributed by atoms with Gasteiger partial charge in [0.05, 0.1) is 12.0 Å². The number of pyridine rings is 1. The van der Waals surface area contributed by atoms with Crippen LogP contribution in [0.15, 0.2) is 12.3 Å². The molecule has 80 valence electrons. The summed E-state index contributed by atoms with van der Waals surface area (Å²) in [6.07, 6.45) is 1.19. The van der Waals surface area contributed by atoms with Crippen LogP contribution in [0.2, 0.25) is 5.15 Å². The number of amides is 1. The van der Waals surface area contributed by atoms with Crippen LogP contribution in [0.5, 0.6) is 0 Å². The molecule has 0 radical (unpaired) electrons. The van der Waals surface area contributed by atoms with Crippen molar-refractivity contribution in [1.29, 1.82) is 0 Å². The van der Waals surface area contributed by atoms with Crippen LogP contribution in [-0.2, 0) is 4.84 Å². The van der Waals surface area contributed by atoms with E-state index in [0.717, 1.165) is 0 Å². The third-order valence-corrected chi connectivity index (χ3v) is 1.78. The lowest BCUT2D eigenvalue weighted by Crippen LogP contribution is -2.23. The highest BCUT2D eigenvalue weighted by Gasteiger charge is 2.24. The molecule has 0 aliphatic carbocycles. The Morgan fingerprint density at radius 3 is 2.93 bits per heavy atom. The number of nitro groups is 1. The second-order valence-corrected chi connectivity index (χ2v) is 2.75. The first-order valence-corrected chi connectivity index (χ1v) is 4.08. The van der Waals surface area contributed by atoms with Gasteiger partial charge in [-0.2, -0.15) is 0 Å². The number of halogens is 1. The molecule has 0 aliphatic heterocycles. The summed E-state index contributed by atoms with van der Waals surface area (Å²) in [6, 6.07) is 1.18. The standard InChI is InChI=1S/C7H6ClN3O4/c1-15-10-7(12)4-2-3-9-6(8)5(4)11(13)14/h2-3H,1H3,(H,10,12). The number of carbonyl (C=O) groups is 1. The molecule has 15 heavy (non-hydrogen) atoms. The number of hydrogen-bond donors (Lipinski definition) is 1. The van der Waals surface area contributed by atoms with Crippen LogP contribution in [0, 0.1) is 10.1 Å². The van der Waals surface area contributed by atoms with Gasteiger partial charge in [-0.1, -0.05) is 11.6 Å². The summed E-state index contributed by atoms with van der Waals surface area (Å²) in [7, 11) is 1.21. The summed E-state index contributed by atoms with van der Waals surface area (Å²) in [6.45, 7) is 0. The van der Waals surface area contributed by atoms with Gasteiger partial charge in [0.15, 0.2) is 0 Å². The van der Waals surface area contributed by atoms with E-state index >= 15 is 0 Å². The van der Waals surface area contributed by atoms with Gasteiger partial charge in [0.25, 0.3) is 5.91 Å². The Balaban J connectivity index is 3.23. The van der Waals surface area contributed by atoms with Crippen LogP contribution in [-0.4, -0.2) is 22.9 Å². The normalized spacial score (nSPS) is 9.73. The molecular formula is C7H6ClN3O4. The van der Waals surface area contributed by atoms with Gasteiger partial charge >= 0.3 is 5.69 Å². The van der Waals surface area contributed by atoms with Crippen molar-refractivity contribution in [2.75, 3.05) is 7.11 Å². The van der Waals surface area contributed by atoms with E-state index in [9.17, 15) is 14.9 Å². The largest absolute Gasteiger partial charge is 0.319 e. The Morgan fingerprint density at radius 1 is 1.73 bits per heavy atom. The lowest BCUT2D eigenvalue weighted by Gasteiger charge is -2.03. The van der Waals surface area contributed by atoms with Crippen molar-refractivity contribution < 1.29 is 14.6 Å². The predicted molar refractivity (Wildman–Crippen MR) is 50.4 cm³/mol. The van der Waals surface area contributed by atoms with E-state index in [1.54, 1.807) is 0 Å². The molecule has 0 aliphatic rings. The molecule has 0 atom stereocenters. The number of rotatable bonds is 3. The molecule has 1 aromatic heterocycles. The molecule has 1 N–H and O–H groups in total. The average molecular weight is 232 g/mol. The van der Waals surface area contributed by atoms with Crippen molar-refractivity contribution in [2.45, 2.75) is 0 Å². The highest BCUT2D eigenvalue weighted by Crippen LogP contribution is 2.25. The fraction of sp³-hybridized carbons (Fsp3) is 0.143. The summed E-state index contributed by atoms with van der Waals surface area (Å²) in [5, 5.41) is 10.3. The molecule has 7 nitrogen and oxygen atoms in total. The summed E-state index contributed by atoms with van der Waals surface area (Å²) >= 11 is 5.50. The Kier molecular flexibility index (Phi) is 3.53. The molecular weight excluding hydrogens is 226 g/mol. The van der Waals surface area contributed by atoms with Crippen LogP contribution >= 0.6 is 11.6 Å². The van der Waals surface area contributed by atoms with Crippen LogP contribution in [0.1, 0.15) is 10.4 Å². The summed E-state index contributed by atoms with van der Waals surface area (Å²) in [5.74, 6) is -0.756. The van der Waals surface area contributed by atoms with Crippen molar-refractivity contribution in [1.82, 2.24) is 10.5 Å². The van der Waals surface area contributed by atoms with Crippen LogP contribution in [0.4, 0.5) is 5.69 Å².